The number of carbonyl (C=O) groups is 1. The summed E-state index contributed by atoms with van der Waals surface area (Å²) in [6, 6.07) is 9.38. The minimum Gasteiger partial charge on any atom is -0.296 e. The molecule has 0 unspecified atom stereocenters. The molecule has 0 spiro atoms. The zero-order valence-electron chi connectivity index (χ0n) is 6.32. The lowest BCUT2D eigenvalue weighted by Gasteiger charge is -1.96. The molecule has 0 aliphatic rings. The van der Waals surface area contributed by atoms with Crippen molar-refractivity contribution in [2.24, 2.45) is 0 Å². The number of fused-ring (bicyclic) bond motifs is 1. The Balaban J connectivity index is 2.88. The number of aldehydes is 1. The molecule has 1 heterocycles. The van der Waals surface area contributed by atoms with Crippen LogP contribution in [-0.4, -0.2) is 11.3 Å². The number of hydrogen-bond acceptors (Lipinski definition) is 2. The van der Waals surface area contributed by atoms with Crippen molar-refractivity contribution in [3.8, 4) is 0 Å². The van der Waals surface area contributed by atoms with Crippen molar-refractivity contribution in [1.29, 1.82) is 0 Å². The Labute approximate surface area is 69.9 Å². The van der Waals surface area contributed by atoms with Gasteiger partial charge in [0.15, 0.2) is 6.29 Å². The van der Waals surface area contributed by atoms with Crippen molar-refractivity contribution in [3.05, 3.63) is 42.2 Å². The van der Waals surface area contributed by atoms with Crippen LogP contribution in [0.1, 0.15) is 10.5 Å². The SMILES string of the molecule is O=Cc1n[c]cc2ccccc12. The van der Waals surface area contributed by atoms with Gasteiger partial charge in [0.25, 0.3) is 0 Å². The first kappa shape index (κ1) is 6.98. The molecule has 0 fully saturated rings. The van der Waals surface area contributed by atoms with Gasteiger partial charge in [-0.15, -0.1) is 0 Å². The molecule has 1 aromatic heterocycles. The summed E-state index contributed by atoms with van der Waals surface area (Å²) in [6.45, 7) is 0. The molecular formula is C10H6NO. The van der Waals surface area contributed by atoms with E-state index in [-0.39, 0.29) is 0 Å². The van der Waals surface area contributed by atoms with Crippen LogP contribution < -0.4 is 0 Å². The topological polar surface area (TPSA) is 30.0 Å². The van der Waals surface area contributed by atoms with Crippen molar-refractivity contribution in [1.82, 2.24) is 4.98 Å². The number of hydrogen-bond donors (Lipinski definition) is 0. The molecule has 0 atom stereocenters. The van der Waals surface area contributed by atoms with E-state index in [2.05, 4.69) is 11.2 Å². The maximum atomic E-state index is 10.5. The Morgan fingerprint density at radius 3 is 3.00 bits per heavy atom. The van der Waals surface area contributed by atoms with Gasteiger partial charge in [-0.1, -0.05) is 24.3 Å². The first-order chi connectivity index (χ1) is 5.92. The molecule has 0 bridgehead atoms. The largest absolute Gasteiger partial charge is 0.296 e. The maximum Gasteiger partial charge on any atom is 0.169 e. The second-order valence-corrected chi connectivity index (χ2v) is 2.48. The van der Waals surface area contributed by atoms with Crippen LogP contribution >= 0.6 is 0 Å². The molecule has 0 aliphatic carbocycles. The molecule has 0 saturated carbocycles. The Bertz CT molecular complexity index is 418. The fourth-order valence-corrected chi connectivity index (χ4v) is 1.18. The summed E-state index contributed by atoms with van der Waals surface area (Å²) in [4.78, 5) is 14.4. The molecule has 2 heteroatoms. The summed E-state index contributed by atoms with van der Waals surface area (Å²) >= 11 is 0. The number of benzene rings is 1. The lowest BCUT2D eigenvalue weighted by molar-refractivity contribution is 0.112. The first-order valence-corrected chi connectivity index (χ1v) is 3.63. The minimum atomic E-state index is 0.452. The molecule has 0 amide bonds. The van der Waals surface area contributed by atoms with Crippen LogP contribution in [0.15, 0.2) is 30.3 Å². The lowest BCUT2D eigenvalue weighted by atomic mass is 10.1. The number of pyridine rings is 1. The second-order valence-electron chi connectivity index (χ2n) is 2.48. The van der Waals surface area contributed by atoms with E-state index in [4.69, 9.17) is 0 Å². The van der Waals surface area contributed by atoms with Gasteiger partial charge in [-0.2, -0.15) is 0 Å². The Morgan fingerprint density at radius 2 is 2.17 bits per heavy atom. The lowest BCUT2D eigenvalue weighted by Crippen LogP contribution is -1.87. The molecule has 2 nitrogen and oxygen atoms in total. The Hall–Kier alpha value is -1.70. The van der Waals surface area contributed by atoms with Crippen LogP contribution in [0.2, 0.25) is 0 Å². The molecule has 0 aliphatic heterocycles. The Morgan fingerprint density at radius 1 is 1.33 bits per heavy atom. The normalized spacial score (nSPS) is 10.0. The van der Waals surface area contributed by atoms with Crippen LogP contribution in [0.5, 0.6) is 0 Å². The summed E-state index contributed by atoms with van der Waals surface area (Å²) in [6.07, 6.45) is 3.42. The zero-order valence-corrected chi connectivity index (χ0v) is 6.32. The predicted octanol–water partition coefficient (Wildman–Crippen LogP) is 1.85. The minimum absolute atomic E-state index is 0.452. The van der Waals surface area contributed by atoms with E-state index in [9.17, 15) is 4.79 Å². The highest BCUT2D eigenvalue weighted by Crippen LogP contribution is 2.13. The average Bonchev–Trinajstić information content (AvgIpc) is 2.17. The molecular weight excluding hydrogens is 150 g/mol. The number of carbonyl (C=O) groups excluding carboxylic acids is 1. The highest BCUT2D eigenvalue weighted by molar-refractivity contribution is 5.95. The van der Waals surface area contributed by atoms with E-state index in [1.54, 1.807) is 6.07 Å². The number of nitrogens with zero attached hydrogens (tertiary/aromatic N) is 1. The van der Waals surface area contributed by atoms with Gasteiger partial charge in [-0.3, -0.25) is 4.79 Å². The third kappa shape index (κ3) is 0.975. The van der Waals surface area contributed by atoms with E-state index in [1.807, 2.05) is 24.3 Å². The Kier molecular flexibility index (Phi) is 1.59. The van der Waals surface area contributed by atoms with Gasteiger partial charge in [0.2, 0.25) is 0 Å². The van der Waals surface area contributed by atoms with Crippen LogP contribution in [0.25, 0.3) is 10.8 Å². The fraction of sp³-hybridized carbons (Fsp3) is 0. The molecule has 0 saturated heterocycles. The smallest absolute Gasteiger partial charge is 0.169 e. The van der Waals surface area contributed by atoms with Gasteiger partial charge in [-0.05, 0) is 11.5 Å². The van der Waals surface area contributed by atoms with Crippen molar-refractivity contribution in [2.45, 2.75) is 0 Å². The quantitative estimate of drug-likeness (QED) is 0.590. The molecule has 0 N–H and O–H groups in total. The van der Waals surface area contributed by atoms with Crippen molar-refractivity contribution < 1.29 is 4.79 Å². The van der Waals surface area contributed by atoms with Crippen LogP contribution in [0.3, 0.4) is 0 Å². The summed E-state index contributed by atoms with van der Waals surface area (Å²) in [7, 11) is 0. The number of rotatable bonds is 1. The van der Waals surface area contributed by atoms with Gasteiger partial charge in [0.1, 0.15) is 5.69 Å². The molecule has 1 aromatic carbocycles. The summed E-state index contributed by atoms with van der Waals surface area (Å²) in [5, 5.41) is 1.88. The zero-order chi connectivity index (χ0) is 8.39. The number of aromatic nitrogens is 1. The van der Waals surface area contributed by atoms with Crippen LogP contribution in [-0.2, 0) is 0 Å². The van der Waals surface area contributed by atoms with Crippen LogP contribution in [0, 0.1) is 6.20 Å². The third-order valence-corrected chi connectivity index (χ3v) is 1.75. The first-order valence-electron chi connectivity index (χ1n) is 3.63. The van der Waals surface area contributed by atoms with E-state index in [0.717, 1.165) is 17.1 Å². The van der Waals surface area contributed by atoms with Gasteiger partial charge < -0.3 is 0 Å². The highest BCUT2D eigenvalue weighted by Gasteiger charge is 1.98. The van der Waals surface area contributed by atoms with E-state index < -0.39 is 0 Å². The molecule has 12 heavy (non-hydrogen) atoms. The van der Waals surface area contributed by atoms with Gasteiger partial charge >= 0.3 is 0 Å². The summed E-state index contributed by atoms with van der Waals surface area (Å²) < 4.78 is 0. The maximum absolute atomic E-state index is 10.5. The standard InChI is InChI=1S/C10H6NO/c12-7-10-9-4-2-1-3-8(9)5-6-11-10/h1-5,7H. The summed E-state index contributed by atoms with van der Waals surface area (Å²) in [5.41, 5.74) is 0.452. The molecule has 2 rings (SSSR count). The van der Waals surface area contributed by atoms with Gasteiger partial charge in [-0.25, -0.2) is 4.98 Å². The van der Waals surface area contributed by atoms with Crippen molar-refractivity contribution >= 4 is 17.1 Å². The van der Waals surface area contributed by atoms with E-state index in [0.29, 0.717) is 5.69 Å². The van der Waals surface area contributed by atoms with E-state index in [1.165, 1.54) is 0 Å². The predicted molar refractivity (Wildman–Crippen MR) is 46.0 cm³/mol. The van der Waals surface area contributed by atoms with Crippen LogP contribution in [0.4, 0.5) is 0 Å². The summed E-state index contributed by atoms with van der Waals surface area (Å²) in [5.74, 6) is 0. The highest BCUT2D eigenvalue weighted by atomic mass is 16.1. The van der Waals surface area contributed by atoms with Gasteiger partial charge in [0.05, 0.1) is 6.20 Å². The molecule has 1 radical (unpaired) electrons. The molecule has 2 aromatic rings. The second kappa shape index (κ2) is 2.74. The van der Waals surface area contributed by atoms with Crippen molar-refractivity contribution in [3.63, 3.8) is 0 Å². The monoisotopic (exact) mass is 156 g/mol. The van der Waals surface area contributed by atoms with E-state index >= 15 is 0 Å². The average molecular weight is 156 g/mol. The van der Waals surface area contributed by atoms with Gasteiger partial charge in [0, 0.05) is 5.39 Å². The van der Waals surface area contributed by atoms with Crippen molar-refractivity contribution in [2.75, 3.05) is 0 Å². The molecule has 57 valence electrons. The third-order valence-electron chi connectivity index (χ3n) is 1.75. The fourth-order valence-electron chi connectivity index (χ4n) is 1.18.